The van der Waals surface area contributed by atoms with Gasteiger partial charge in [-0.1, -0.05) is 22.0 Å². The zero-order valence-electron chi connectivity index (χ0n) is 11.2. The van der Waals surface area contributed by atoms with Gasteiger partial charge in [-0.3, -0.25) is 4.79 Å². The Labute approximate surface area is 128 Å². The summed E-state index contributed by atoms with van der Waals surface area (Å²) in [5, 5.41) is 0. The highest BCUT2D eigenvalue weighted by Crippen LogP contribution is 2.32. The highest BCUT2D eigenvalue weighted by Gasteiger charge is 2.25. The van der Waals surface area contributed by atoms with Crippen LogP contribution in [0.1, 0.15) is 15.9 Å². The van der Waals surface area contributed by atoms with Gasteiger partial charge in [0, 0.05) is 4.47 Å². The molecule has 110 valence electrons. The summed E-state index contributed by atoms with van der Waals surface area (Å²) in [6, 6.07) is 6.70. The number of carbonyl (C=O) groups excluding carboxylic acids is 1. The maximum Gasteiger partial charge on any atom is 0.206 e. The number of hydrogen-bond acceptors (Lipinski definition) is 3. The quantitative estimate of drug-likeness (QED) is 0.777. The number of ether oxygens (including phenoxy) is 2. The van der Waals surface area contributed by atoms with E-state index in [1.807, 2.05) is 0 Å². The number of carbonyl (C=O) groups is 1. The smallest absolute Gasteiger partial charge is 0.206 e. The molecule has 0 heterocycles. The van der Waals surface area contributed by atoms with Crippen molar-refractivity contribution >= 4 is 21.7 Å². The van der Waals surface area contributed by atoms with E-state index >= 15 is 0 Å². The summed E-state index contributed by atoms with van der Waals surface area (Å²) in [6.07, 6.45) is 0. The fourth-order valence-electron chi connectivity index (χ4n) is 1.96. The van der Waals surface area contributed by atoms with Gasteiger partial charge in [0.25, 0.3) is 0 Å². The number of ketones is 1. The molecule has 21 heavy (non-hydrogen) atoms. The van der Waals surface area contributed by atoms with E-state index in [2.05, 4.69) is 15.9 Å². The Morgan fingerprint density at radius 2 is 1.48 bits per heavy atom. The van der Waals surface area contributed by atoms with Crippen LogP contribution >= 0.6 is 15.9 Å². The molecule has 0 amide bonds. The molecule has 0 unspecified atom stereocenters. The Hall–Kier alpha value is -1.95. The average molecular weight is 357 g/mol. The molecule has 0 fully saturated rings. The minimum atomic E-state index is -0.958. The molecule has 0 aliphatic carbocycles. The van der Waals surface area contributed by atoms with Crippen LogP contribution in [0.15, 0.2) is 34.8 Å². The summed E-state index contributed by atoms with van der Waals surface area (Å²) >= 11 is 2.97. The summed E-state index contributed by atoms with van der Waals surface area (Å²) in [5.74, 6) is -2.39. The molecule has 0 atom stereocenters. The monoisotopic (exact) mass is 356 g/mol. The van der Waals surface area contributed by atoms with Crippen molar-refractivity contribution in [1.29, 1.82) is 0 Å². The fraction of sp³-hybridized carbons (Fsp3) is 0.133. The number of benzene rings is 2. The van der Waals surface area contributed by atoms with E-state index in [0.29, 0.717) is 0 Å². The topological polar surface area (TPSA) is 35.5 Å². The van der Waals surface area contributed by atoms with Crippen LogP contribution in [0.5, 0.6) is 11.5 Å². The van der Waals surface area contributed by atoms with Crippen molar-refractivity contribution in [2.75, 3.05) is 14.2 Å². The lowest BCUT2D eigenvalue weighted by molar-refractivity contribution is 0.102. The molecule has 6 heteroatoms. The molecular weight excluding hydrogens is 346 g/mol. The van der Waals surface area contributed by atoms with Crippen LogP contribution in [0.3, 0.4) is 0 Å². The molecule has 0 bridgehead atoms. The van der Waals surface area contributed by atoms with Crippen LogP contribution in [0.2, 0.25) is 0 Å². The highest BCUT2D eigenvalue weighted by atomic mass is 79.9. The SMILES string of the molecule is COc1cccc(OC)c1C(=O)c1c(F)cc(Br)cc1F. The van der Waals surface area contributed by atoms with E-state index in [1.54, 1.807) is 6.07 Å². The van der Waals surface area contributed by atoms with Crippen molar-refractivity contribution in [2.24, 2.45) is 0 Å². The Kier molecular flexibility index (Phi) is 4.57. The van der Waals surface area contributed by atoms with E-state index in [9.17, 15) is 13.6 Å². The van der Waals surface area contributed by atoms with Crippen molar-refractivity contribution in [3.8, 4) is 11.5 Å². The van der Waals surface area contributed by atoms with Gasteiger partial charge in [-0.25, -0.2) is 8.78 Å². The molecule has 2 aromatic carbocycles. The summed E-state index contributed by atoms with van der Waals surface area (Å²) in [6.45, 7) is 0. The molecule has 0 radical (unpaired) electrons. The third-order valence-electron chi connectivity index (χ3n) is 2.89. The second kappa shape index (κ2) is 6.22. The fourth-order valence-corrected chi connectivity index (χ4v) is 2.36. The van der Waals surface area contributed by atoms with Crippen LogP contribution in [0.4, 0.5) is 8.78 Å². The van der Waals surface area contributed by atoms with Crippen LogP contribution in [0, 0.1) is 11.6 Å². The lowest BCUT2D eigenvalue weighted by Gasteiger charge is -2.13. The van der Waals surface area contributed by atoms with E-state index in [-0.39, 0.29) is 21.5 Å². The summed E-state index contributed by atoms with van der Waals surface area (Å²) < 4.78 is 38.3. The van der Waals surface area contributed by atoms with Crippen LogP contribution < -0.4 is 9.47 Å². The molecule has 0 aliphatic rings. The molecule has 0 saturated heterocycles. The van der Waals surface area contributed by atoms with Crippen molar-refractivity contribution < 1.29 is 23.0 Å². The molecule has 3 nitrogen and oxygen atoms in total. The maximum atomic E-state index is 13.9. The Morgan fingerprint density at radius 1 is 1.00 bits per heavy atom. The first-order chi connectivity index (χ1) is 9.99. The van der Waals surface area contributed by atoms with Crippen molar-refractivity contribution in [3.05, 3.63) is 57.6 Å². The minimum Gasteiger partial charge on any atom is -0.496 e. The molecule has 2 aromatic rings. The van der Waals surface area contributed by atoms with E-state index in [0.717, 1.165) is 12.1 Å². The standard InChI is InChI=1S/C15H11BrF2O3/c1-20-11-4-3-5-12(21-2)14(11)15(19)13-9(17)6-8(16)7-10(13)18/h3-7H,1-2H3. The van der Waals surface area contributed by atoms with Gasteiger partial charge in [0.15, 0.2) is 0 Å². The summed E-state index contributed by atoms with van der Waals surface area (Å²) in [4.78, 5) is 12.5. The maximum absolute atomic E-state index is 13.9. The molecule has 2 rings (SSSR count). The molecule has 0 spiro atoms. The number of hydrogen-bond donors (Lipinski definition) is 0. The summed E-state index contributed by atoms with van der Waals surface area (Å²) in [5.41, 5.74) is -0.677. The third-order valence-corrected chi connectivity index (χ3v) is 3.35. The predicted octanol–water partition coefficient (Wildman–Crippen LogP) is 3.98. The highest BCUT2D eigenvalue weighted by molar-refractivity contribution is 9.10. The van der Waals surface area contributed by atoms with Crippen molar-refractivity contribution in [3.63, 3.8) is 0 Å². The molecule has 0 aromatic heterocycles. The lowest BCUT2D eigenvalue weighted by atomic mass is 10.0. The zero-order chi connectivity index (χ0) is 15.6. The van der Waals surface area contributed by atoms with Gasteiger partial charge in [0.1, 0.15) is 28.7 Å². The van der Waals surface area contributed by atoms with Gasteiger partial charge in [-0.15, -0.1) is 0 Å². The van der Waals surface area contributed by atoms with Crippen LogP contribution in [0.25, 0.3) is 0 Å². The second-order valence-electron chi connectivity index (χ2n) is 4.11. The van der Waals surface area contributed by atoms with Gasteiger partial charge >= 0.3 is 0 Å². The number of halogens is 3. The van der Waals surface area contributed by atoms with Crippen molar-refractivity contribution in [2.45, 2.75) is 0 Å². The first kappa shape index (κ1) is 15.4. The molecule has 0 N–H and O–H groups in total. The van der Waals surface area contributed by atoms with Gasteiger partial charge in [-0.05, 0) is 24.3 Å². The van der Waals surface area contributed by atoms with Crippen LogP contribution in [-0.4, -0.2) is 20.0 Å². The van der Waals surface area contributed by atoms with Gasteiger partial charge in [0.2, 0.25) is 5.78 Å². The zero-order valence-corrected chi connectivity index (χ0v) is 12.8. The van der Waals surface area contributed by atoms with Crippen molar-refractivity contribution in [1.82, 2.24) is 0 Å². The lowest BCUT2D eigenvalue weighted by Crippen LogP contribution is -2.11. The van der Waals surface area contributed by atoms with Gasteiger partial charge < -0.3 is 9.47 Å². The molecule has 0 aliphatic heterocycles. The van der Waals surface area contributed by atoms with Gasteiger partial charge in [-0.2, -0.15) is 0 Å². The third kappa shape index (κ3) is 2.90. The van der Waals surface area contributed by atoms with E-state index in [1.165, 1.54) is 26.4 Å². The first-order valence-corrected chi connectivity index (χ1v) is 6.69. The predicted molar refractivity (Wildman–Crippen MR) is 77.0 cm³/mol. The largest absolute Gasteiger partial charge is 0.496 e. The number of methoxy groups -OCH3 is 2. The normalized spacial score (nSPS) is 10.3. The van der Waals surface area contributed by atoms with E-state index < -0.39 is 23.0 Å². The molecule has 0 saturated carbocycles. The number of rotatable bonds is 4. The van der Waals surface area contributed by atoms with Gasteiger partial charge in [0.05, 0.1) is 19.8 Å². The summed E-state index contributed by atoms with van der Waals surface area (Å²) in [7, 11) is 2.72. The Bertz CT molecular complexity index is 656. The Morgan fingerprint density at radius 3 is 1.90 bits per heavy atom. The Balaban J connectivity index is 2.66. The molecular formula is C15H11BrF2O3. The van der Waals surface area contributed by atoms with E-state index in [4.69, 9.17) is 9.47 Å². The average Bonchev–Trinajstić information content (AvgIpc) is 2.44. The van der Waals surface area contributed by atoms with Crippen LogP contribution in [-0.2, 0) is 0 Å². The second-order valence-corrected chi connectivity index (χ2v) is 5.03. The first-order valence-electron chi connectivity index (χ1n) is 5.89. The minimum absolute atomic E-state index is 0.0253.